The Morgan fingerprint density at radius 1 is 1.16 bits per heavy atom. The lowest BCUT2D eigenvalue weighted by Gasteiger charge is -2.24. The summed E-state index contributed by atoms with van der Waals surface area (Å²) in [5, 5.41) is 10.7. The van der Waals surface area contributed by atoms with E-state index in [2.05, 4.69) is 15.4 Å². The van der Waals surface area contributed by atoms with Crippen molar-refractivity contribution in [3.63, 3.8) is 0 Å². The van der Waals surface area contributed by atoms with Crippen LogP contribution in [0.1, 0.15) is 24.5 Å². The quantitative estimate of drug-likeness (QED) is 0.740. The van der Waals surface area contributed by atoms with E-state index < -0.39 is 12.8 Å². The third-order valence-electron chi connectivity index (χ3n) is 5.28. The van der Waals surface area contributed by atoms with Gasteiger partial charge in [0.15, 0.2) is 6.61 Å². The van der Waals surface area contributed by atoms with Crippen LogP contribution < -0.4 is 9.47 Å². The van der Waals surface area contributed by atoms with Gasteiger partial charge in [-0.1, -0.05) is 11.6 Å². The average Bonchev–Trinajstić information content (AvgIpc) is 3.45. The second-order valence-electron chi connectivity index (χ2n) is 7.61. The summed E-state index contributed by atoms with van der Waals surface area (Å²) in [6.45, 7) is 0.736. The van der Waals surface area contributed by atoms with E-state index in [1.54, 1.807) is 16.0 Å². The van der Waals surface area contributed by atoms with Crippen molar-refractivity contribution < 1.29 is 27.4 Å². The molecule has 2 fully saturated rings. The van der Waals surface area contributed by atoms with Crippen molar-refractivity contribution in [1.29, 1.82) is 0 Å². The molecule has 1 N–H and O–H groups in total. The summed E-state index contributed by atoms with van der Waals surface area (Å²) in [7, 11) is 0. The van der Waals surface area contributed by atoms with Crippen LogP contribution in [0.4, 0.5) is 18.0 Å². The molecule has 3 heterocycles. The number of hydrogen-bond donors (Lipinski definition) is 1. The molecule has 2 saturated heterocycles. The summed E-state index contributed by atoms with van der Waals surface area (Å²) in [5.41, 5.74) is 0.849. The Morgan fingerprint density at radius 3 is 2.65 bits per heavy atom. The van der Waals surface area contributed by atoms with Gasteiger partial charge in [-0.2, -0.15) is 28.6 Å². The highest BCUT2D eigenvalue weighted by atomic mass is 35.5. The molecule has 1 aromatic carbocycles. The van der Waals surface area contributed by atoms with Crippen LogP contribution in [-0.2, 0) is 0 Å². The van der Waals surface area contributed by atoms with Crippen molar-refractivity contribution in [2.45, 2.75) is 31.0 Å². The van der Waals surface area contributed by atoms with Gasteiger partial charge in [-0.3, -0.25) is 0 Å². The van der Waals surface area contributed by atoms with Crippen molar-refractivity contribution >= 4 is 17.6 Å². The molecule has 8 nitrogen and oxygen atoms in total. The van der Waals surface area contributed by atoms with Gasteiger partial charge in [-0.15, -0.1) is 0 Å². The van der Waals surface area contributed by atoms with Gasteiger partial charge >= 0.3 is 12.2 Å². The van der Waals surface area contributed by atoms with Crippen LogP contribution in [0.15, 0.2) is 24.4 Å². The van der Waals surface area contributed by atoms with Crippen molar-refractivity contribution in [1.82, 2.24) is 25.2 Å². The van der Waals surface area contributed by atoms with Crippen LogP contribution >= 0.6 is 11.6 Å². The number of carbonyl (C=O) groups excluding carboxylic acids is 1. The second kappa shape index (κ2) is 8.81. The molecule has 2 aromatic rings. The number of nitrogens with one attached hydrogen (secondary N) is 1. The zero-order chi connectivity index (χ0) is 22.0. The number of amides is 2. The number of H-pyrrole nitrogens is 1. The third kappa shape index (κ3) is 5.52. The Morgan fingerprint density at radius 2 is 1.90 bits per heavy atom. The van der Waals surface area contributed by atoms with E-state index >= 15 is 0 Å². The normalized spacial score (nSPS) is 21.5. The fourth-order valence-electron chi connectivity index (χ4n) is 3.83. The van der Waals surface area contributed by atoms with Gasteiger partial charge < -0.3 is 19.3 Å². The molecule has 168 valence electrons. The van der Waals surface area contributed by atoms with Gasteiger partial charge in [0.25, 0.3) is 0 Å². The van der Waals surface area contributed by atoms with Crippen LogP contribution in [0, 0.1) is 0 Å². The minimum absolute atomic E-state index is 0.0262. The maximum atomic E-state index is 12.9. The monoisotopic (exact) mass is 459 g/mol. The predicted octanol–water partition coefficient (Wildman–Crippen LogP) is 3.46. The van der Waals surface area contributed by atoms with E-state index in [1.165, 1.54) is 18.2 Å². The maximum Gasteiger partial charge on any atom is 0.422 e. The summed E-state index contributed by atoms with van der Waals surface area (Å²) >= 11 is 5.98. The van der Waals surface area contributed by atoms with Crippen LogP contribution in [0.2, 0.25) is 5.02 Å². The molecular formula is C19H21ClF3N5O3. The molecule has 2 amide bonds. The number of rotatable bonds is 5. The number of ether oxygens (including phenoxy) is 2. The van der Waals surface area contributed by atoms with Gasteiger partial charge in [0, 0.05) is 43.1 Å². The number of nitrogens with zero attached hydrogens (tertiary/aromatic N) is 4. The lowest BCUT2D eigenvalue weighted by atomic mass is 10.1. The number of carbonyl (C=O) groups is 1. The minimum Gasteiger partial charge on any atom is -0.488 e. The van der Waals surface area contributed by atoms with Crippen molar-refractivity contribution in [2.75, 3.05) is 32.8 Å². The third-order valence-corrected chi connectivity index (χ3v) is 5.49. The molecule has 0 aliphatic carbocycles. The summed E-state index contributed by atoms with van der Waals surface area (Å²) < 4.78 is 47.8. The Bertz CT molecular complexity index is 912. The lowest BCUT2D eigenvalue weighted by Crippen LogP contribution is -2.41. The zero-order valence-electron chi connectivity index (χ0n) is 16.4. The Balaban J connectivity index is 1.31. The van der Waals surface area contributed by atoms with Gasteiger partial charge in [-0.25, -0.2) is 4.79 Å². The Kier molecular flexibility index (Phi) is 6.12. The van der Waals surface area contributed by atoms with Crippen LogP contribution in [-0.4, -0.2) is 76.3 Å². The maximum absolute atomic E-state index is 12.9. The summed E-state index contributed by atoms with van der Waals surface area (Å²) in [4.78, 5) is 16.4. The number of hydrogen-bond acceptors (Lipinski definition) is 5. The minimum atomic E-state index is -4.45. The summed E-state index contributed by atoms with van der Waals surface area (Å²) in [6.07, 6.45) is -1.62. The molecular weight excluding hydrogens is 439 g/mol. The van der Waals surface area contributed by atoms with Gasteiger partial charge in [-0.05, 0) is 18.6 Å². The van der Waals surface area contributed by atoms with E-state index in [0.717, 1.165) is 12.1 Å². The largest absolute Gasteiger partial charge is 0.488 e. The van der Waals surface area contributed by atoms with E-state index in [0.29, 0.717) is 38.3 Å². The topological polar surface area (TPSA) is 83.6 Å². The molecule has 2 atom stereocenters. The number of halogens is 4. The van der Waals surface area contributed by atoms with Gasteiger partial charge in [0.05, 0.1) is 18.4 Å². The van der Waals surface area contributed by atoms with E-state index in [1.807, 2.05) is 0 Å². The summed E-state index contributed by atoms with van der Waals surface area (Å²) in [5.74, 6) is 0.442. The average molecular weight is 460 g/mol. The van der Waals surface area contributed by atoms with E-state index in [9.17, 15) is 18.0 Å². The first-order valence-corrected chi connectivity index (χ1v) is 10.2. The molecule has 4 rings (SSSR count). The smallest absolute Gasteiger partial charge is 0.422 e. The molecule has 0 unspecified atom stereocenters. The standard InChI is InChI=1S/C19H21ClF3N5O3/c20-13-5-15(30-11-19(21,22)23)7-16(6-13)31-14-2-4-28(10-14)18(29)27-3-1-12(9-27)17-8-24-26-25-17/h5-8,12,14H,1-4,9-11H2,(H,24,25,26)/t12-,14-/m0/s1. The molecule has 31 heavy (non-hydrogen) atoms. The summed E-state index contributed by atoms with van der Waals surface area (Å²) in [6, 6.07) is 4.11. The second-order valence-corrected chi connectivity index (χ2v) is 8.05. The number of alkyl halides is 3. The number of benzene rings is 1. The fourth-order valence-corrected chi connectivity index (χ4v) is 4.04. The molecule has 12 heteroatoms. The number of aromatic amines is 1. The number of urea groups is 1. The molecule has 0 saturated carbocycles. The van der Waals surface area contributed by atoms with Crippen molar-refractivity contribution in [2.24, 2.45) is 0 Å². The molecule has 2 aliphatic heterocycles. The molecule has 1 aromatic heterocycles. The first kappa shape index (κ1) is 21.5. The van der Waals surface area contributed by atoms with Gasteiger partial charge in [0.1, 0.15) is 17.6 Å². The lowest BCUT2D eigenvalue weighted by molar-refractivity contribution is -0.153. The van der Waals surface area contributed by atoms with Gasteiger partial charge in [0.2, 0.25) is 0 Å². The Labute approximate surface area is 181 Å². The molecule has 2 aliphatic rings. The first-order chi connectivity index (χ1) is 14.8. The van der Waals surface area contributed by atoms with Crippen LogP contribution in [0.25, 0.3) is 0 Å². The molecule has 0 bridgehead atoms. The van der Waals surface area contributed by atoms with Crippen molar-refractivity contribution in [3.8, 4) is 11.5 Å². The fraction of sp³-hybridized carbons (Fsp3) is 0.526. The first-order valence-electron chi connectivity index (χ1n) is 9.83. The SMILES string of the molecule is O=C(N1CC[C@H](Oc2cc(Cl)cc(OCC(F)(F)F)c2)C1)N1CC[C@H](c2cn[nH]n2)C1. The Hall–Kier alpha value is -2.69. The highest BCUT2D eigenvalue weighted by molar-refractivity contribution is 6.30. The van der Waals surface area contributed by atoms with E-state index in [-0.39, 0.29) is 28.8 Å². The number of likely N-dealkylation sites (tertiary alicyclic amines) is 2. The van der Waals surface area contributed by atoms with Crippen LogP contribution in [0.3, 0.4) is 0 Å². The highest BCUT2D eigenvalue weighted by Crippen LogP contribution is 2.30. The van der Waals surface area contributed by atoms with Crippen LogP contribution in [0.5, 0.6) is 11.5 Å². The van der Waals surface area contributed by atoms with E-state index in [4.69, 9.17) is 21.1 Å². The number of aromatic nitrogens is 3. The van der Waals surface area contributed by atoms with Crippen molar-refractivity contribution in [3.05, 3.63) is 35.1 Å². The zero-order valence-corrected chi connectivity index (χ0v) is 17.2. The molecule has 0 radical (unpaired) electrons. The predicted molar refractivity (Wildman–Crippen MR) is 104 cm³/mol. The molecule has 0 spiro atoms. The highest BCUT2D eigenvalue weighted by Gasteiger charge is 2.35.